The lowest BCUT2D eigenvalue weighted by Crippen LogP contribution is -2.38. The van der Waals surface area contributed by atoms with Crippen molar-refractivity contribution in [2.45, 2.75) is 45.1 Å². The molecule has 1 aliphatic rings. The number of alkyl halides is 3. The Kier molecular flexibility index (Phi) is 3.59. The molecule has 1 saturated heterocycles. The van der Waals surface area contributed by atoms with Gasteiger partial charge in [-0.05, 0) is 13.3 Å². The largest absolute Gasteiger partial charge is 0.390 e. The van der Waals surface area contributed by atoms with Crippen molar-refractivity contribution >= 4 is 5.91 Å². The first-order chi connectivity index (χ1) is 6.85. The van der Waals surface area contributed by atoms with Crippen molar-refractivity contribution in [3.63, 3.8) is 0 Å². The van der Waals surface area contributed by atoms with Crippen molar-refractivity contribution in [1.29, 1.82) is 0 Å². The van der Waals surface area contributed by atoms with Gasteiger partial charge in [-0.25, -0.2) is 0 Å². The van der Waals surface area contributed by atoms with E-state index < -0.39 is 12.6 Å². The summed E-state index contributed by atoms with van der Waals surface area (Å²) >= 11 is 0. The Morgan fingerprint density at radius 1 is 1.47 bits per heavy atom. The van der Waals surface area contributed by atoms with E-state index in [4.69, 9.17) is 0 Å². The Morgan fingerprint density at radius 2 is 2.07 bits per heavy atom. The molecule has 1 aliphatic heterocycles. The predicted octanol–water partition coefficient (Wildman–Crippen LogP) is 1.50. The van der Waals surface area contributed by atoms with Crippen LogP contribution < -0.4 is 5.32 Å². The van der Waals surface area contributed by atoms with Crippen molar-refractivity contribution in [3.05, 3.63) is 0 Å². The predicted molar refractivity (Wildman–Crippen MR) is 49.1 cm³/mol. The van der Waals surface area contributed by atoms with Crippen LogP contribution >= 0.6 is 0 Å². The molecule has 1 N–H and O–H groups in total. The van der Waals surface area contributed by atoms with Gasteiger partial charge in [0.1, 0.15) is 0 Å². The number of nitrogens with zero attached hydrogens (tertiary/aromatic N) is 1. The molecule has 0 aromatic carbocycles. The summed E-state index contributed by atoms with van der Waals surface area (Å²) in [6.07, 6.45) is -4.78. The van der Waals surface area contributed by atoms with E-state index in [-0.39, 0.29) is 24.7 Å². The van der Waals surface area contributed by atoms with Gasteiger partial charge in [0, 0.05) is 6.54 Å². The fourth-order valence-corrected chi connectivity index (χ4v) is 1.70. The highest BCUT2D eigenvalue weighted by atomic mass is 19.4. The summed E-state index contributed by atoms with van der Waals surface area (Å²) in [5, 5.41) is 2.95. The number of nitrogens with one attached hydrogen (secondary N) is 1. The van der Waals surface area contributed by atoms with Crippen molar-refractivity contribution in [2.75, 3.05) is 6.54 Å². The zero-order chi connectivity index (χ0) is 11.6. The molecule has 15 heavy (non-hydrogen) atoms. The molecule has 0 aliphatic carbocycles. The molecule has 0 aromatic rings. The van der Waals surface area contributed by atoms with Gasteiger partial charge in [0.25, 0.3) is 0 Å². The molecule has 0 radical (unpaired) electrons. The molecule has 2 unspecified atom stereocenters. The van der Waals surface area contributed by atoms with Crippen LogP contribution in [-0.4, -0.2) is 35.7 Å². The Balaban J connectivity index is 2.55. The van der Waals surface area contributed by atoms with Gasteiger partial charge in [-0.3, -0.25) is 10.1 Å². The molecule has 88 valence electrons. The average Bonchev–Trinajstić information content (AvgIpc) is 2.39. The van der Waals surface area contributed by atoms with Crippen LogP contribution in [0.3, 0.4) is 0 Å². The molecule has 0 bridgehead atoms. The number of hydrogen-bond donors (Lipinski definition) is 1. The molecule has 0 saturated carbocycles. The number of amides is 1. The van der Waals surface area contributed by atoms with E-state index >= 15 is 0 Å². The van der Waals surface area contributed by atoms with Crippen LogP contribution in [0.15, 0.2) is 0 Å². The zero-order valence-corrected chi connectivity index (χ0v) is 8.77. The number of carbonyl (C=O) groups excluding carboxylic acids is 1. The molecular weight excluding hydrogens is 209 g/mol. The summed E-state index contributed by atoms with van der Waals surface area (Å²) in [5.74, 6) is -0.244. The summed E-state index contributed by atoms with van der Waals surface area (Å²) in [7, 11) is 0. The molecule has 0 spiro atoms. The van der Waals surface area contributed by atoms with Crippen molar-refractivity contribution < 1.29 is 18.0 Å². The monoisotopic (exact) mass is 224 g/mol. The normalized spacial score (nSPS) is 27.5. The number of halogens is 3. The second-order valence-corrected chi connectivity index (χ2v) is 3.71. The van der Waals surface area contributed by atoms with E-state index in [1.807, 2.05) is 6.92 Å². The SMILES string of the molecule is CCC1NC(C)C(=O)N1CCC(F)(F)F. The first kappa shape index (κ1) is 12.3. The molecule has 0 aromatic heterocycles. The first-order valence-electron chi connectivity index (χ1n) is 4.98. The van der Waals surface area contributed by atoms with Gasteiger partial charge in [0.05, 0.1) is 18.6 Å². The van der Waals surface area contributed by atoms with Crippen molar-refractivity contribution in [1.82, 2.24) is 10.2 Å². The fourth-order valence-electron chi connectivity index (χ4n) is 1.70. The summed E-state index contributed by atoms with van der Waals surface area (Å²) in [6.45, 7) is 3.25. The lowest BCUT2D eigenvalue weighted by Gasteiger charge is -2.23. The molecule has 3 nitrogen and oxygen atoms in total. The fraction of sp³-hybridized carbons (Fsp3) is 0.889. The summed E-state index contributed by atoms with van der Waals surface area (Å²) in [5.41, 5.74) is 0. The minimum absolute atomic E-state index is 0.244. The highest BCUT2D eigenvalue weighted by Gasteiger charge is 2.37. The Hall–Kier alpha value is -0.780. The average molecular weight is 224 g/mol. The number of rotatable bonds is 3. The minimum atomic E-state index is -4.20. The lowest BCUT2D eigenvalue weighted by molar-refractivity contribution is -0.145. The van der Waals surface area contributed by atoms with Gasteiger partial charge in [0.15, 0.2) is 0 Å². The third-order valence-corrected chi connectivity index (χ3v) is 2.49. The zero-order valence-electron chi connectivity index (χ0n) is 8.77. The molecule has 1 heterocycles. The van der Waals surface area contributed by atoms with Crippen LogP contribution in [0.5, 0.6) is 0 Å². The standard InChI is InChI=1S/C9H15F3N2O/c1-3-7-13-6(2)8(15)14(7)5-4-9(10,11)12/h6-7,13H,3-5H2,1-2H3. The van der Waals surface area contributed by atoms with Crippen LogP contribution in [0.2, 0.25) is 0 Å². The third-order valence-electron chi connectivity index (χ3n) is 2.49. The first-order valence-corrected chi connectivity index (χ1v) is 4.98. The molecular formula is C9H15F3N2O. The van der Waals surface area contributed by atoms with Crippen LogP contribution in [-0.2, 0) is 4.79 Å². The molecule has 6 heteroatoms. The van der Waals surface area contributed by atoms with E-state index in [0.29, 0.717) is 6.42 Å². The number of carbonyl (C=O) groups is 1. The Morgan fingerprint density at radius 3 is 2.53 bits per heavy atom. The maximum absolute atomic E-state index is 12.0. The quantitative estimate of drug-likeness (QED) is 0.787. The van der Waals surface area contributed by atoms with Crippen LogP contribution in [0.4, 0.5) is 13.2 Å². The van der Waals surface area contributed by atoms with Crippen molar-refractivity contribution in [2.24, 2.45) is 0 Å². The molecule has 1 rings (SSSR count). The Bertz CT molecular complexity index is 242. The third kappa shape index (κ3) is 3.09. The molecule has 1 amide bonds. The topological polar surface area (TPSA) is 32.3 Å². The summed E-state index contributed by atoms with van der Waals surface area (Å²) in [6, 6.07) is -0.372. The Labute approximate surface area is 86.6 Å². The van der Waals surface area contributed by atoms with E-state index in [0.717, 1.165) is 0 Å². The molecule has 1 fully saturated rings. The summed E-state index contributed by atoms with van der Waals surface area (Å²) < 4.78 is 36.0. The second-order valence-electron chi connectivity index (χ2n) is 3.71. The second kappa shape index (κ2) is 4.38. The summed E-state index contributed by atoms with van der Waals surface area (Å²) in [4.78, 5) is 12.8. The highest BCUT2D eigenvalue weighted by molar-refractivity contribution is 5.83. The smallest absolute Gasteiger partial charge is 0.325 e. The highest BCUT2D eigenvalue weighted by Crippen LogP contribution is 2.22. The van der Waals surface area contributed by atoms with Crippen LogP contribution in [0.25, 0.3) is 0 Å². The van der Waals surface area contributed by atoms with Gasteiger partial charge < -0.3 is 4.90 Å². The maximum Gasteiger partial charge on any atom is 0.390 e. The maximum atomic E-state index is 12.0. The van der Waals surface area contributed by atoms with E-state index in [1.54, 1.807) is 6.92 Å². The van der Waals surface area contributed by atoms with Crippen LogP contribution in [0, 0.1) is 0 Å². The van der Waals surface area contributed by atoms with Gasteiger partial charge in [0.2, 0.25) is 5.91 Å². The van der Waals surface area contributed by atoms with E-state index in [9.17, 15) is 18.0 Å². The van der Waals surface area contributed by atoms with Gasteiger partial charge in [-0.2, -0.15) is 13.2 Å². The van der Waals surface area contributed by atoms with E-state index in [2.05, 4.69) is 5.32 Å². The lowest BCUT2D eigenvalue weighted by atomic mass is 10.3. The van der Waals surface area contributed by atoms with Crippen LogP contribution in [0.1, 0.15) is 26.7 Å². The minimum Gasteiger partial charge on any atom is -0.325 e. The van der Waals surface area contributed by atoms with Crippen molar-refractivity contribution in [3.8, 4) is 0 Å². The van der Waals surface area contributed by atoms with Gasteiger partial charge >= 0.3 is 6.18 Å². The van der Waals surface area contributed by atoms with Gasteiger partial charge in [-0.1, -0.05) is 6.92 Å². The number of hydrogen-bond acceptors (Lipinski definition) is 2. The molecule has 2 atom stereocenters. The van der Waals surface area contributed by atoms with Gasteiger partial charge in [-0.15, -0.1) is 0 Å². The van der Waals surface area contributed by atoms with E-state index in [1.165, 1.54) is 4.90 Å².